The number of hydrogen-bond donors (Lipinski definition) is 1. The molecule has 5 fully saturated rings. The number of hydrogen-bond acceptors (Lipinski definition) is 5. The molecule has 1 aromatic rings. The molecule has 2 saturated heterocycles. The Balaban J connectivity index is 0.841. The molecule has 1 spiro atoms. The number of ether oxygens (including phenoxy) is 3. The van der Waals surface area contributed by atoms with E-state index in [2.05, 4.69) is 77.2 Å². The number of allylic oxidation sites excluding steroid dienone is 1. The highest BCUT2D eigenvalue weighted by Gasteiger charge is 2.68. The standard InChI is InChI=1S/C46H69NO5/c1-29(2)25-33-12-14-34(15-13-33)31(4)43(49)47-24-10-8-9-11-41(48)51-36-19-21-44(6)35(26-36)16-17-37-38(44)20-22-45(7)39(37)27-40-42(45)32(5)46(52-40)23-18-30(3)28-50-46/h12-16,29-32,36-40,42H,8-11,17-28H2,1-7H3,(H,47,49)/t30-,31?,32+,36?,37?,38?,39?,40?,42?,44+,45+,46?/m1/s1. The Hall–Kier alpha value is -2.18. The summed E-state index contributed by atoms with van der Waals surface area (Å²) < 4.78 is 19.6. The van der Waals surface area contributed by atoms with Crippen molar-refractivity contribution in [2.24, 2.45) is 52.3 Å². The van der Waals surface area contributed by atoms with E-state index in [9.17, 15) is 9.59 Å². The second kappa shape index (κ2) is 15.2. The summed E-state index contributed by atoms with van der Waals surface area (Å²) in [4.78, 5) is 25.7. The third-order valence-corrected chi connectivity index (χ3v) is 15.5. The molecule has 3 saturated carbocycles. The average Bonchev–Trinajstić information content (AvgIpc) is 3.56. The van der Waals surface area contributed by atoms with Crippen LogP contribution in [0.1, 0.15) is 149 Å². The van der Waals surface area contributed by atoms with E-state index in [1.54, 1.807) is 5.57 Å². The first-order valence-electron chi connectivity index (χ1n) is 21.4. The van der Waals surface area contributed by atoms with Gasteiger partial charge in [0, 0.05) is 31.7 Å². The Morgan fingerprint density at radius 3 is 2.48 bits per heavy atom. The highest BCUT2D eigenvalue weighted by molar-refractivity contribution is 5.83. The van der Waals surface area contributed by atoms with Gasteiger partial charge in [-0.15, -0.1) is 0 Å². The molecule has 2 aliphatic heterocycles. The van der Waals surface area contributed by atoms with Gasteiger partial charge < -0.3 is 19.5 Å². The lowest BCUT2D eigenvalue weighted by molar-refractivity contribution is -0.272. The number of esters is 1. The number of fused-ring (bicyclic) bond motifs is 7. The molecular formula is C46H69NO5. The molecule has 52 heavy (non-hydrogen) atoms. The summed E-state index contributed by atoms with van der Waals surface area (Å²) in [5.74, 6) is 3.99. The van der Waals surface area contributed by atoms with E-state index >= 15 is 0 Å². The van der Waals surface area contributed by atoms with E-state index in [4.69, 9.17) is 14.2 Å². The number of nitrogens with one attached hydrogen (secondary N) is 1. The quantitative estimate of drug-likeness (QED) is 0.140. The van der Waals surface area contributed by atoms with E-state index in [1.165, 1.54) is 37.7 Å². The molecular weight excluding hydrogens is 647 g/mol. The SMILES string of the molecule is CC(C)Cc1ccc(C(C)C(=O)NCCCCCC(=O)OC2CC[C@@]3(C)C(=CCC4C5CC6OC7(CC[C@@H](C)CO7)[C@@H](C)C6[C@@]5(C)CCC43)C2)cc1. The normalized spacial score (nSPS) is 40.0. The van der Waals surface area contributed by atoms with E-state index in [0.29, 0.717) is 48.2 Å². The van der Waals surface area contributed by atoms with Crippen LogP contribution in [0.15, 0.2) is 35.9 Å². The predicted octanol–water partition coefficient (Wildman–Crippen LogP) is 9.94. The lowest BCUT2D eigenvalue weighted by Crippen LogP contribution is -2.52. The smallest absolute Gasteiger partial charge is 0.306 e. The van der Waals surface area contributed by atoms with Crippen LogP contribution in [0.25, 0.3) is 0 Å². The van der Waals surface area contributed by atoms with Gasteiger partial charge in [0.1, 0.15) is 6.10 Å². The molecule has 1 amide bonds. The van der Waals surface area contributed by atoms with Gasteiger partial charge in [-0.1, -0.05) is 83.9 Å². The molecule has 2 heterocycles. The van der Waals surface area contributed by atoms with Gasteiger partial charge in [-0.3, -0.25) is 9.59 Å². The topological polar surface area (TPSA) is 73.9 Å². The number of rotatable bonds is 11. The Bertz CT molecular complexity index is 1460. The minimum absolute atomic E-state index is 0.00642. The van der Waals surface area contributed by atoms with Crippen LogP contribution in [0.4, 0.5) is 0 Å². The molecule has 8 unspecified atom stereocenters. The lowest BCUT2D eigenvalue weighted by Gasteiger charge is -2.58. The second-order valence-corrected chi connectivity index (χ2v) is 19.3. The zero-order valence-electron chi connectivity index (χ0n) is 33.5. The van der Waals surface area contributed by atoms with Gasteiger partial charge in [-0.2, -0.15) is 0 Å². The average molecular weight is 716 g/mol. The molecule has 0 aromatic heterocycles. The molecule has 0 radical (unpaired) electrons. The van der Waals surface area contributed by atoms with Gasteiger partial charge in [0.2, 0.25) is 5.91 Å². The van der Waals surface area contributed by atoms with Crippen molar-refractivity contribution in [2.75, 3.05) is 13.2 Å². The van der Waals surface area contributed by atoms with Gasteiger partial charge in [0.15, 0.2) is 5.79 Å². The summed E-state index contributed by atoms with van der Waals surface area (Å²) in [6.07, 6.45) is 17.3. The zero-order valence-corrected chi connectivity index (χ0v) is 33.5. The molecule has 0 bridgehead atoms. The highest BCUT2D eigenvalue weighted by atomic mass is 16.7. The summed E-state index contributed by atoms with van der Waals surface area (Å²) in [6.45, 7) is 17.8. The van der Waals surface area contributed by atoms with Crippen molar-refractivity contribution in [1.82, 2.24) is 5.32 Å². The Morgan fingerprint density at radius 2 is 1.75 bits per heavy atom. The van der Waals surface area contributed by atoms with Crippen molar-refractivity contribution in [1.29, 1.82) is 0 Å². The number of benzene rings is 1. The van der Waals surface area contributed by atoms with Crippen LogP contribution in [-0.4, -0.2) is 43.0 Å². The summed E-state index contributed by atoms with van der Waals surface area (Å²) in [6, 6.07) is 8.47. The monoisotopic (exact) mass is 716 g/mol. The third kappa shape index (κ3) is 7.18. The number of amides is 1. The van der Waals surface area contributed by atoms with E-state index in [-0.39, 0.29) is 35.1 Å². The van der Waals surface area contributed by atoms with Crippen LogP contribution >= 0.6 is 0 Å². The van der Waals surface area contributed by atoms with Crippen LogP contribution < -0.4 is 5.32 Å². The first kappa shape index (κ1) is 38.1. The minimum atomic E-state index is -0.342. The molecule has 1 aromatic carbocycles. The van der Waals surface area contributed by atoms with Crippen molar-refractivity contribution in [3.8, 4) is 0 Å². The van der Waals surface area contributed by atoms with Gasteiger partial charge >= 0.3 is 5.97 Å². The van der Waals surface area contributed by atoms with Crippen LogP contribution in [-0.2, 0) is 30.2 Å². The zero-order chi connectivity index (χ0) is 36.8. The molecule has 6 heteroatoms. The fourth-order valence-corrected chi connectivity index (χ4v) is 12.5. The minimum Gasteiger partial charge on any atom is -0.462 e. The molecule has 1 N–H and O–H groups in total. The Labute approximate surface area is 315 Å². The van der Waals surface area contributed by atoms with E-state index in [1.807, 2.05) is 6.92 Å². The number of carbonyl (C=O) groups excluding carboxylic acids is 2. The Morgan fingerprint density at radius 1 is 0.962 bits per heavy atom. The highest BCUT2D eigenvalue weighted by Crippen LogP contribution is 2.70. The largest absolute Gasteiger partial charge is 0.462 e. The van der Waals surface area contributed by atoms with Crippen molar-refractivity contribution in [3.63, 3.8) is 0 Å². The van der Waals surface area contributed by atoms with E-state index < -0.39 is 0 Å². The molecule has 6 nitrogen and oxygen atoms in total. The fourth-order valence-electron chi connectivity index (χ4n) is 12.5. The molecule has 7 rings (SSSR count). The van der Waals surface area contributed by atoms with Crippen molar-refractivity contribution in [2.45, 2.75) is 162 Å². The maximum absolute atomic E-state index is 12.9. The Kier molecular flexibility index (Phi) is 11.1. The van der Waals surface area contributed by atoms with E-state index in [0.717, 1.165) is 81.3 Å². The molecule has 288 valence electrons. The number of carbonyl (C=O) groups is 2. The fraction of sp³-hybridized carbons (Fsp3) is 0.783. The lowest BCUT2D eigenvalue weighted by atomic mass is 9.47. The number of unbranched alkanes of at least 4 members (excludes halogenated alkanes) is 2. The maximum Gasteiger partial charge on any atom is 0.306 e. The molecule has 4 aliphatic carbocycles. The van der Waals surface area contributed by atoms with Crippen molar-refractivity contribution >= 4 is 11.9 Å². The maximum atomic E-state index is 12.9. The van der Waals surface area contributed by atoms with Crippen LogP contribution in [0.5, 0.6) is 0 Å². The van der Waals surface area contributed by atoms with Crippen molar-refractivity contribution < 1.29 is 23.8 Å². The summed E-state index contributed by atoms with van der Waals surface area (Å²) in [5, 5.41) is 3.10. The van der Waals surface area contributed by atoms with Gasteiger partial charge in [0.25, 0.3) is 0 Å². The summed E-state index contributed by atoms with van der Waals surface area (Å²) in [5.41, 5.74) is 4.49. The molecule has 12 atom stereocenters. The third-order valence-electron chi connectivity index (χ3n) is 15.5. The first-order chi connectivity index (χ1) is 24.8. The molecule has 6 aliphatic rings. The van der Waals surface area contributed by atoms with Crippen molar-refractivity contribution in [3.05, 3.63) is 47.0 Å². The first-order valence-corrected chi connectivity index (χ1v) is 21.4. The van der Waals surface area contributed by atoms with Crippen LogP contribution in [0.2, 0.25) is 0 Å². The van der Waals surface area contributed by atoms with Gasteiger partial charge in [-0.25, -0.2) is 0 Å². The van der Waals surface area contributed by atoms with Gasteiger partial charge in [-0.05, 0) is 129 Å². The second-order valence-electron chi connectivity index (χ2n) is 19.3. The summed E-state index contributed by atoms with van der Waals surface area (Å²) in [7, 11) is 0. The summed E-state index contributed by atoms with van der Waals surface area (Å²) >= 11 is 0. The van der Waals surface area contributed by atoms with Crippen LogP contribution in [0.3, 0.4) is 0 Å². The predicted molar refractivity (Wildman–Crippen MR) is 206 cm³/mol. The van der Waals surface area contributed by atoms with Crippen LogP contribution in [0, 0.1) is 52.3 Å². The van der Waals surface area contributed by atoms with Gasteiger partial charge in [0.05, 0.1) is 18.6 Å².